The number of anilines is 1. The molecule has 0 saturated carbocycles. The molecule has 0 aliphatic rings. The minimum absolute atomic E-state index is 0.0847. The normalized spacial score (nSPS) is 10.5. The molecule has 0 aliphatic heterocycles. The number of nitrogens with zero attached hydrogens (tertiary/aromatic N) is 4. The van der Waals surface area contributed by atoms with Crippen molar-refractivity contribution in [1.82, 2.24) is 15.2 Å². The lowest BCUT2D eigenvalue weighted by Crippen LogP contribution is -2.34. The van der Waals surface area contributed by atoms with Gasteiger partial charge in [0.15, 0.2) is 11.6 Å². The molecule has 6 nitrogen and oxygen atoms in total. The summed E-state index contributed by atoms with van der Waals surface area (Å²) in [4.78, 5) is 18.7. The zero-order valence-corrected chi connectivity index (χ0v) is 16.3. The van der Waals surface area contributed by atoms with Crippen molar-refractivity contribution in [1.29, 1.82) is 0 Å². The van der Waals surface area contributed by atoms with Gasteiger partial charge in [-0.2, -0.15) is 0 Å². The molecule has 0 N–H and O–H groups in total. The molecule has 0 unspecified atom stereocenters. The smallest absolute Gasteiger partial charge is 0.267 e. The van der Waals surface area contributed by atoms with E-state index in [9.17, 15) is 4.79 Å². The molecule has 0 spiro atoms. The molecule has 2 aromatic carbocycles. The number of hydrogen-bond donors (Lipinski definition) is 0. The standard InChI is InChI=1S/C22H18N4O2S/c27-20(16-28-19-11-5-2-6-12-19)26(15-17-8-3-1-4-9-17)22-25-24-21(29-22)18-10-7-13-23-14-18/h1-14H,15-16H2. The van der Waals surface area contributed by atoms with Crippen LogP contribution < -0.4 is 9.64 Å². The predicted octanol–water partition coefficient (Wildman–Crippen LogP) is 4.21. The number of pyridine rings is 1. The molecule has 4 aromatic rings. The number of benzene rings is 2. The minimum Gasteiger partial charge on any atom is -0.484 e. The van der Waals surface area contributed by atoms with Gasteiger partial charge in [-0.25, -0.2) is 0 Å². The highest BCUT2D eigenvalue weighted by Crippen LogP contribution is 2.29. The molecular weight excluding hydrogens is 384 g/mol. The van der Waals surface area contributed by atoms with Gasteiger partial charge in [0.2, 0.25) is 5.13 Å². The lowest BCUT2D eigenvalue weighted by Gasteiger charge is -2.19. The highest BCUT2D eigenvalue weighted by molar-refractivity contribution is 7.18. The second-order valence-electron chi connectivity index (χ2n) is 6.20. The fourth-order valence-corrected chi connectivity index (χ4v) is 3.55. The summed E-state index contributed by atoms with van der Waals surface area (Å²) in [6.45, 7) is 0.304. The Morgan fingerprint density at radius 1 is 0.931 bits per heavy atom. The Labute approximate surface area is 172 Å². The van der Waals surface area contributed by atoms with Crippen molar-refractivity contribution >= 4 is 22.4 Å². The topological polar surface area (TPSA) is 68.2 Å². The summed E-state index contributed by atoms with van der Waals surface area (Å²) >= 11 is 1.35. The van der Waals surface area contributed by atoms with E-state index in [4.69, 9.17) is 4.74 Å². The fraction of sp³-hybridized carbons (Fsp3) is 0.0909. The van der Waals surface area contributed by atoms with Gasteiger partial charge in [-0.15, -0.1) is 10.2 Å². The molecule has 2 heterocycles. The molecule has 4 rings (SSSR count). The Kier molecular flexibility index (Phi) is 5.87. The first-order chi connectivity index (χ1) is 14.3. The third-order valence-electron chi connectivity index (χ3n) is 4.14. The van der Waals surface area contributed by atoms with Crippen LogP contribution in [0.1, 0.15) is 5.56 Å². The minimum atomic E-state index is -0.188. The molecule has 144 valence electrons. The van der Waals surface area contributed by atoms with Crippen LogP contribution in [0.4, 0.5) is 5.13 Å². The molecule has 0 bridgehead atoms. The van der Waals surface area contributed by atoms with Crippen LogP contribution in [0.5, 0.6) is 5.75 Å². The fourth-order valence-electron chi connectivity index (χ4n) is 2.70. The van der Waals surface area contributed by atoms with Gasteiger partial charge in [0.25, 0.3) is 5.91 Å². The Balaban J connectivity index is 1.56. The molecule has 29 heavy (non-hydrogen) atoms. The Morgan fingerprint density at radius 3 is 2.41 bits per heavy atom. The monoisotopic (exact) mass is 402 g/mol. The summed E-state index contributed by atoms with van der Waals surface area (Å²) in [5.41, 5.74) is 1.86. The van der Waals surface area contributed by atoms with E-state index in [1.807, 2.05) is 72.8 Å². The van der Waals surface area contributed by atoms with Gasteiger partial charge < -0.3 is 4.74 Å². The molecule has 0 radical (unpaired) electrons. The third kappa shape index (κ3) is 4.83. The summed E-state index contributed by atoms with van der Waals surface area (Å²) in [6, 6.07) is 22.8. The van der Waals surface area contributed by atoms with E-state index in [0.717, 1.165) is 11.1 Å². The van der Waals surface area contributed by atoms with E-state index >= 15 is 0 Å². The average molecular weight is 402 g/mol. The number of amides is 1. The molecule has 1 amide bonds. The van der Waals surface area contributed by atoms with Gasteiger partial charge >= 0.3 is 0 Å². The van der Waals surface area contributed by atoms with Crippen molar-refractivity contribution in [3.8, 4) is 16.3 Å². The van der Waals surface area contributed by atoms with Crippen LogP contribution >= 0.6 is 11.3 Å². The van der Waals surface area contributed by atoms with Gasteiger partial charge in [-0.3, -0.25) is 14.7 Å². The Hall–Kier alpha value is -3.58. The number of aromatic nitrogens is 3. The first kappa shape index (κ1) is 18.8. The van der Waals surface area contributed by atoms with Crippen molar-refractivity contribution in [3.63, 3.8) is 0 Å². The maximum atomic E-state index is 13.0. The van der Waals surface area contributed by atoms with Crippen molar-refractivity contribution < 1.29 is 9.53 Å². The SMILES string of the molecule is O=C(COc1ccccc1)N(Cc1ccccc1)c1nnc(-c2cccnc2)s1. The summed E-state index contributed by atoms with van der Waals surface area (Å²) in [5, 5.41) is 9.73. The van der Waals surface area contributed by atoms with Gasteiger partial charge in [-0.05, 0) is 29.8 Å². The largest absolute Gasteiger partial charge is 0.484 e. The van der Waals surface area contributed by atoms with Crippen LogP contribution in [-0.2, 0) is 11.3 Å². The van der Waals surface area contributed by atoms with E-state index in [1.54, 1.807) is 17.3 Å². The van der Waals surface area contributed by atoms with Crippen LogP contribution in [0, 0.1) is 0 Å². The molecule has 7 heteroatoms. The number of rotatable bonds is 7. The third-order valence-corrected chi connectivity index (χ3v) is 5.14. The highest BCUT2D eigenvalue weighted by atomic mass is 32.1. The van der Waals surface area contributed by atoms with Crippen molar-refractivity contribution in [3.05, 3.63) is 90.8 Å². The van der Waals surface area contributed by atoms with Gasteiger partial charge in [0, 0.05) is 18.0 Å². The summed E-state index contributed by atoms with van der Waals surface area (Å²) in [7, 11) is 0. The van der Waals surface area contributed by atoms with Crippen LogP contribution in [0.3, 0.4) is 0 Å². The predicted molar refractivity (Wildman–Crippen MR) is 113 cm³/mol. The van der Waals surface area contributed by atoms with E-state index in [-0.39, 0.29) is 12.5 Å². The molecule has 0 saturated heterocycles. The zero-order valence-electron chi connectivity index (χ0n) is 15.5. The highest BCUT2D eigenvalue weighted by Gasteiger charge is 2.21. The van der Waals surface area contributed by atoms with Crippen molar-refractivity contribution in [2.24, 2.45) is 0 Å². The molecular formula is C22H18N4O2S. The van der Waals surface area contributed by atoms with Crippen molar-refractivity contribution in [2.45, 2.75) is 6.54 Å². The van der Waals surface area contributed by atoms with Crippen LogP contribution in [0.15, 0.2) is 85.2 Å². The van der Waals surface area contributed by atoms with E-state index in [1.165, 1.54) is 11.3 Å². The molecule has 2 aromatic heterocycles. The summed E-state index contributed by atoms with van der Waals surface area (Å²) < 4.78 is 5.65. The Bertz CT molecular complexity index is 1060. The first-order valence-electron chi connectivity index (χ1n) is 9.05. The first-order valence-corrected chi connectivity index (χ1v) is 9.87. The Morgan fingerprint density at radius 2 is 1.69 bits per heavy atom. The lowest BCUT2D eigenvalue weighted by molar-refractivity contribution is -0.120. The maximum Gasteiger partial charge on any atom is 0.267 e. The average Bonchev–Trinajstić information content (AvgIpc) is 3.28. The van der Waals surface area contributed by atoms with Crippen molar-refractivity contribution in [2.75, 3.05) is 11.5 Å². The summed E-state index contributed by atoms with van der Waals surface area (Å²) in [5.74, 6) is 0.459. The molecule has 0 atom stereocenters. The second-order valence-corrected chi connectivity index (χ2v) is 7.15. The number of para-hydroxylation sites is 1. The number of ether oxygens (including phenoxy) is 1. The number of carbonyl (C=O) groups is 1. The quantitative estimate of drug-likeness (QED) is 0.463. The van der Waals surface area contributed by atoms with Gasteiger partial charge in [0.1, 0.15) is 5.75 Å². The molecule has 0 aliphatic carbocycles. The van der Waals surface area contributed by atoms with E-state index < -0.39 is 0 Å². The zero-order chi connectivity index (χ0) is 19.9. The lowest BCUT2D eigenvalue weighted by atomic mass is 10.2. The van der Waals surface area contributed by atoms with E-state index in [0.29, 0.717) is 22.4 Å². The molecule has 0 fully saturated rings. The van der Waals surface area contributed by atoms with Gasteiger partial charge in [0.05, 0.1) is 6.54 Å². The van der Waals surface area contributed by atoms with E-state index in [2.05, 4.69) is 15.2 Å². The van der Waals surface area contributed by atoms with Crippen LogP contribution in [0.2, 0.25) is 0 Å². The van der Waals surface area contributed by atoms with Crippen LogP contribution in [-0.4, -0.2) is 27.7 Å². The summed E-state index contributed by atoms with van der Waals surface area (Å²) in [6.07, 6.45) is 3.43. The van der Waals surface area contributed by atoms with Gasteiger partial charge in [-0.1, -0.05) is 59.9 Å². The van der Waals surface area contributed by atoms with Crippen LogP contribution in [0.25, 0.3) is 10.6 Å². The second kappa shape index (κ2) is 9.07. The maximum absolute atomic E-state index is 13.0. The number of carbonyl (C=O) groups excluding carboxylic acids is 1. The number of hydrogen-bond acceptors (Lipinski definition) is 6.